The maximum Gasteiger partial charge on any atom is 0.0577 e. The van der Waals surface area contributed by atoms with Crippen molar-refractivity contribution in [1.82, 2.24) is 0 Å². The summed E-state index contributed by atoms with van der Waals surface area (Å²) in [6.07, 6.45) is 3.91. The zero-order valence-corrected chi connectivity index (χ0v) is 12.0. The SMILES string of the molecule is CC(C)C1CCC(O)C(CC#Cc2ccccc2)C1. The number of rotatable bonds is 2. The van der Waals surface area contributed by atoms with Gasteiger partial charge in [0.05, 0.1) is 6.10 Å². The van der Waals surface area contributed by atoms with E-state index in [9.17, 15) is 5.11 Å². The molecule has 1 nitrogen and oxygen atoms in total. The molecule has 1 aromatic carbocycles. The lowest BCUT2D eigenvalue weighted by atomic mass is 9.74. The fraction of sp³-hybridized carbons (Fsp3) is 0.556. The molecule has 1 heteroatoms. The Morgan fingerprint density at radius 3 is 2.63 bits per heavy atom. The van der Waals surface area contributed by atoms with Crippen molar-refractivity contribution in [2.75, 3.05) is 0 Å². The summed E-state index contributed by atoms with van der Waals surface area (Å²) in [7, 11) is 0. The maximum atomic E-state index is 10.1. The molecule has 3 unspecified atom stereocenters. The largest absolute Gasteiger partial charge is 0.393 e. The first kappa shape index (κ1) is 14.2. The second-order valence-electron chi connectivity index (χ2n) is 6.02. The zero-order valence-electron chi connectivity index (χ0n) is 12.0. The van der Waals surface area contributed by atoms with Crippen LogP contribution in [0.4, 0.5) is 0 Å². The first-order chi connectivity index (χ1) is 9.16. The molecule has 0 aromatic heterocycles. The molecule has 0 saturated heterocycles. The van der Waals surface area contributed by atoms with E-state index in [0.29, 0.717) is 5.92 Å². The third-order valence-corrected chi connectivity index (χ3v) is 4.30. The van der Waals surface area contributed by atoms with Crippen LogP contribution >= 0.6 is 0 Å². The Kier molecular flexibility index (Phi) is 5.05. The molecule has 0 spiro atoms. The highest BCUT2D eigenvalue weighted by molar-refractivity contribution is 5.33. The van der Waals surface area contributed by atoms with Gasteiger partial charge in [0.15, 0.2) is 0 Å². The third kappa shape index (κ3) is 4.11. The molecule has 0 radical (unpaired) electrons. The van der Waals surface area contributed by atoms with Crippen LogP contribution in [0.2, 0.25) is 0 Å². The van der Waals surface area contributed by atoms with E-state index >= 15 is 0 Å². The van der Waals surface area contributed by atoms with Gasteiger partial charge in [-0.3, -0.25) is 0 Å². The number of benzene rings is 1. The topological polar surface area (TPSA) is 20.2 Å². The molecule has 2 rings (SSSR count). The van der Waals surface area contributed by atoms with Crippen molar-refractivity contribution in [2.24, 2.45) is 17.8 Å². The summed E-state index contributed by atoms with van der Waals surface area (Å²) in [6.45, 7) is 4.57. The van der Waals surface area contributed by atoms with Crippen LogP contribution in [0.5, 0.6) is 0 Å². The summed E-state index contributed by atoms with van der Waals surface area (Å²) in [5.41, 5.74) is 1.06. The standard InChI is InChI=1S/C18H24O/c1-14(2)16-11-12-18(19)17(13-16)10-6-9-15-7-4-3-5-8-15/h3-5,7-8,14,16-19H,10-13H2,1-2H3. The second-order valence-corrected chi connectivity index (χ2v) is 6.02. The van der Waals surface area contributed by atoms with Gasteiger partial charge in [-0.25, -0.2) is 0 Å². The van der Waals surface area contributed by atoms with Gasteiger partial charge in [0.2, 0.25) is 0 Å². The Hall–Kier alpha value is -1.26. The van der Waals surface area contributed by atoms with Crippen LogP contribution in [0.3, 0.4) is 0 Å². The summed E-state index contributed by atoms with van der Waals surface area (Å²) in [5, 5.41) is 10.1. The van der Waals surface area contributed by atoms with Gasteiger partial charge in [-0.1, -0.05) is 43.9 Å². The number of hydrogen-bond donors (Lipinski definition) is 1. The van der Waals surface area contributed by atoms with Gasteiger partial charge in [-0.2, -0.15) is 0 Å². The predicted octanol–water partition coefficient (Wildman–Crippen LogP) is 3.86. The Labute approximate surface area is 117 Å². The minimum Gasteiger partial charge on any atom is -0.393 e. The molecule has 0 aliphatic heterocycles. The summed E-state index contributed by atoms with van der Waals surface area (Å²) in [6, 6.07) is 10.1. The second kappa shape index (κ2) is 6.78. The van der Waals surface area contributed by atoms with E-state index in [2.05, 4.69) is 25.7 Å². The maximum absolute atomic E-state index is 10.1. The van der Waals surface area contributed by atoms with E-state index in [-0.39, 0.29) is 6.10 Å². The number of aliphatic hydroxyl groups excluding tert-OH is 1. The van der Waals surface area contributed by atoms with Crippen molar-refractivity contribution in [2.45, 2.75) is 45.6 Å². The van der Waals surface area contributed by atoms with Gasteiger partial charge in [-0.15, -0.1) is 0 Å². The molecule has 0 bridgehead atoms. The molecule has 1 aromatic rings. The molecule has 1 fully saturated rings. The molecule has 102 valence electrons. The molecule has 1 saturated carbocycles. The molecular formula is C18H24O. The highest BCUT2D eigenvalue weighted by Crippen LogP contribution is 2.35. The smallest absolute Gasteiger partial charge is 0.0577 e. The van der Waals surface area contributed by atoms with E-state index in [1.165, 1.54) is 6.42 Å². The Bertz CT molecular complexity index is 438. The Morgan fingerprint density at radius 2 is 1.95 bits per heavy atom. The van der Waals surface area contributed by atoms with E-state index in [4.69, 9.17) is 0 Å². The van der Waals surface area contributed by atoms with E-state index in [1.807, 2.05) is 30.3 Å². The normalized spacial score (nSPS) is 26.8. The quantitative estimate of drug-likeness (QED) is 0.797. The average Bonchev–Trinajstić information content (AvgIpc) is 2.42. The van der Waals surface area contributed by atoms with E-state index < -0.39 is 0 Å². The molecule has 0 amide bonds. The zero-order chi connectivity index (χ0) is 13.7. The summed E-state index contributed by atoms with van der Waals surface area (Å²) in [5.74, 6) is 8.28. The van der Waals surface area contributed by atoms with Gasteiger partial charge in [0.1, 0.15) is 0 Å². The summed E-state index contributed by atoms with van der Waals surface area (Å²) < 4.78 is 0. The molecule has 0 heterocycles. The highest BCUT2D eigenvalue weighted by Gasteiger charge is 2.29. The van der Waals surface area contributed by atoms with Gasteiger partial charge in [0, 0.05) is 12.0 Å². The summed E-state index contributed by atoms with van der Waals surface area (Å²) in [4.78, 5) is 0. The van der Waals surface area contributed by atoms with E-state index in [0.717, 1.165) is 36.7 Å². The lowest BCUT2D eigenvalue weighted by Crippen LogP contribution is -2.30. The molecule has 1 aliphatic rings. The molecular weight excluding hydrogens is 232 g/mol. The lowest BCUT2D eigenvalue weighted by molar-refractivity contribution is 0.0401. The Balaban J connectivity index is 1.92. The monoisotopic (exact) mass is 256 g/mol. The minimum atomic E-state index is -0.153. The van der Waals surface area contributed by atoms with Crippen molar-refractivity contribution in [3.8, 4) is 11.8 Å². The Morgan fingerprint density at radius 1 is 1.21 bits per heavy atom. The fourth-order valence-electron chi connectivity index (χ4n) is 2.91. The van der Waals surface area contributed by atoms with Gasteiger partial charge >= 0.3 is 0 Å². The van der Waals surface area contributed by atoms with Gasteiger partial charge < -0.3 is 5.11 Å². The number of hydrogen-bond acceptors (Lipinski definition) is 1. The van der Waals surface area contributed by atoms with Gasteiger partial charge in [-0.05, 0) is 49.1 Å². The minimum absolute atomic E-state index is 0.153. The van der Waals surface area contributed by atoms with Crippen molar-refractivity contribution in [3.05, 3.63) is 35.9 Å². The predicted molar refractivity (Wildman–Crippen MR) is 79.6 cm³/mol. The first-order valence-corrected chi connectivity index (χ1v) is 7.39. The first-order valence-electron chi connectivity index (χ1n) is 7.39. The van der Waals surface area contributed by atoms with Crippen LogP contribution in [-0.2, 0) is 0 Å². The van der Waals surface area contributed by atoms with Crippen LogP contribution < -0.4 is 0 Å². The summed E-state index contributed by atoms with van der Waals surface area (Å²) >= 11 is 0. The molecule has 3 atom stereocenters. The van der Waals surface area contributed by atoms with Crippen LogP contribution in [0.15, 0.2) is 30.3 Å². The fourth-order valence-corrected chi connectivity index (χ4v) is 2.91. The molecule has 1 aliphatic carbocycles. The molecule has 19 heavy (non-hydrogen) atoms. The van der Waals surface area contributed by atoms with Crippen molar-refractivity contribution < 1.29 is 5.11 Å². The third-order valence-electron chi connectivity index (χ3n) is 4.30. The van der Waals surface area contributed by atoms with Crippen LogP contribution in [-0.4, -0.2) is 11.2 Å². The van der Waals surface area contributed by atoms with Crippen LogP contribution in [0.25, 0.3) is 0 Å². The van der Waals surface area contributed by atoms with Crippen molar-refractivity contribution >= 4 is 0 Å². The number of aliphatic hydroxyl groups is 1. The average molecular weight is 256 g/mol. The van der Waals surface area contributed by atoms with Crippen molar-refractivity contribution in [3.63, 3.8) is 0 Å². The van der Waals surface area contributed by atoms with Gasteiger partial charge in [0.25, 0.3) is 0 Å². The van der Waals surface area contributed by atoms with Crippen LogP contribution in [0.1, 0.15) is 45.1 Å². The lowest BCUT2D eigenvalue weighted by Gasteiger charge is -2.34. The van der Waals surface area contributed by atoms with Crippen molar-refractivity contribution in [1.29, 1.82) is 0 Å². The van der Waals surface area contributed by atoms with E-state index in [1.54, 1.807) is 0 Å². The highest BCUT2D eigenvalue weighted by atomic mass is 16.3. The van der Waals surface area contributed by atoms with Crippen LogP contribution in [0, 0.1) is 29.6 Å². The molecule has 1 N–H and O–H groups in total.